The number of carbonyl (C=O) groups is 2. The molecular weight excluding hydrogens is 480 g/mol. The van der Waals surface area contributed by atoms with Crippen LogP contribution < -0.4 is 10.1 Å². The summed E-state index contributed by atoms with van der Waals surface area (Å²) in [6, 6.07) is 10.9. The van der Waals surface area contributed by atoms with Crippen LogP contribution in [0.3, 0.4) is 0 Å². The Labute approximate surface area is 225 Å². The summed E-state index contributed by atoms with van der Waals surface area (Å²) >= 11 is 0. The third-order valence-corrected chi connectivity index (χ3v) is 8.10. The molecule has 1 aromatic carbocycles. The smallest absolute Gasteiger partial charge is 0.325 e. The summed E-state index contributed by atoms with van der Waals surface area (Å²) in [6.45, 7) is 7.46. The van der Waals surface area contributed by atoms with Crippen molar-refractivity contribution in [1.82, 2.24) is 14.8 Å². The van der Waals surface area contributed by atoms with E-state index in [1.807, 2.05) is 47.9 Å². The van der Waals surface area contributed by atoms with Crippen molar-refractivity contribution in [2.24, 2.45) is 11.8 Å². The molecule has 0 unspecified atom stereocenters. The number of aliphatic carboxylic acids is 1. The fourth-order valence-electron chi connectivity index (χ4n) is 6.16. The minimum absolute atomic E-state index is 0.0543. The number of amides is 1. The van der Waals surface area contributed by atoms with E-state index in [-0.39, 0.29) is 17.9 Å². The summed E-state index contributed by atoms with van der Waals surface area (Å²) in [6.07, 6.45) is 5.86. The molecule has 0 aliphatic carbocycles. The van der Waals surface area contributed by atoms with Gasteiger partial charge in [0.25, 0.3) is 0 Å². The van der Waals surface area contributed by atoms with Gasteiger partial charge < -0.3 is 20.1 Å². The van der Waals surface area contributed by atoms with E-state index in [1.165, 1.54) is 5.56 Å². The van der Waals surface area contributed by atoms with Gasteiger partial charge in [-0.1, -0.05) is 24.3 Å². The molecule has 38 heavy (non-hydrogen) atoms. The van der Waals surface area contributed by atoms with Crippen LogP contribution >= 0.6 is 0 Å². The molecule has 2 saturated heterocycles. The lowest BCUT2D eigenvalue weighted by atomic mass is 10.00. The lowest BCUT2D eigenvalue weighted by molar-refractivity contribution is -0.144. The molecule has 8 nitrogen and oxygen atoms in total. The normalized spacial score (nSPS) is 22.2. The van der Waals surface area contributed by atoms with Crippen molar-refractivity contribution in [3.63, 3.8) is 0 Å². The molecule has 3 aliphatic rings. The zero-order valence-corrected chi connectivity index (χ0v) is 22.6. The zero-order valence-electron chi connectivity index (χ0n) is 22.6. The maximum absolute atomic E-state index is 13.4. The first-order valence-electron chi connectivity index (χ1n) is 14.1. The Morgan fingerprint density at radius 2 is 1.97 bits per heavy atom. The largest absolute Gasteiger partial charge is 0.491 e. The number of nitrogens with one attached hydrogen (secondary N) is 1. The number of ether oxygens (including phenoxy) is 1. The fourth-order valence-corrected chi connectivity index (χ4v) is 6.16. The Balaban J connectivity index is 1.16. The van der Waals surface area contributed by atoms with E-state index in [2.05, 4.69) is 17.4 Å². The van der Waals surface area contributed by atoms with E-state index in [0.717, 1.165) is 63.3 Å². The summed E-state index contributed by atoms with van der Waals surface area (Å²) in [5.41, 5.74) is 3.08. The van der Waals surface area contributed by atoms with Gasteiger partial charge in [0.2, 0.25) is 5.91 Å². The number of fused-ring (bicyclic) bond motifs is 1. The van der Waals surface area contributed by atoms with Crippen molar-refractivity contribution >= 4 is 17.7 Å². The van der Waals surface area contributed by atoms with E-state index < -0.39 is 12.0 Å². The van der Waals surface area contributed by atoms with Gasteiger partial charge >= 0.3 is 5.97 Å². The molecule has 1 amide bonds. The van der Waals surface area contributed by atoms with Gasteiger partial charge in [-0.3, -0.25) is 14.5 Å². The highest BCUT2D eigenvalue weighted by Crippen LogP contribution is 2.35. The molecule has 0 bridgehead atoms. The number of nitrogens with zero attached hydrogens (tertiary/aromatic N) is 3. The second-order valence-corrected chi connectivity index (χ2v) is 11.2. The summed E-state index contributed by atoms with van der Waals surface area (Å²) in [5, 5.41) is 13.5. The highest BCUT2D eigenvalue weighted by atomic mass is 16.5. The van der Waals surface area contributed by atoms with E-state index in [0.29, 0.717) is 36.7 Å². The number of aromatic nitrogens is 1. The minimum atomic E-state index is -0.912. The number of para-hydroxylation sites is 1. The van der Waals surface area contributed by atoms with Gasteiger partial charge in [0.1, 0.15) is 17.6 Å². The molecular formula is C30H40N4O4. The monoisotopic (exact) mass is 520 g/mol. The summed E-state index contributed by atoms with van der Waals surface area (Å²) < 4.78 is 5.91. The van der Waals surface area contributed by atoms with Crippen LogP contribution in [-0.4, -0.2) is 70.6 Å². The topological polar surface area (TPSA) is 95.0 Å². The SMILES string of the molecule is CC(C)Oc1ccccc1[C@@H](C(=O)O)N1CC[C@@H](C(=O)N2CC[C@@H](CCc3ccc4c(n3)NCCC4)C2)C1. The van der Waals surface area contributed by atoms with Gasteiger partial charge in [0.05, 0.1) is 12.0 Å². The average molecular weight is 521 g/mol. The number of hydrogen-bond donors (Lipinski definition) is 2. The molecule has 5 rings (SSSR count). The molecule has 0 radical (unpaired) electrons. The third-order valence-electron chi connectivity index (χ3n) is 8.10. The van der Waals surface area contributed by atoms with Crippen LogP contribution in [0.5, 0.6) is 5.75 Å². The fraction of sp³-hybridized carbons (Fsp3) is 0.567. The zero-order chi connectivity index (χ0) is 26.6. The highest BCUT2D eigenvalue weighted by molar-refractivity contribution is 5.80. The molecule has 1 aromatic heterocycles. The number of carboxylic acids is 1. The molecule has 4 heterocycles. The van der Waals surface area contributed by atoms with Crippen LogP contribution in [0.1, 0.15) is 62.4 Å². The lowest BCUT2D eigenvalue weighted by Crippen LogP contribution is -2.38. The molecule has 0 saturated carbocycles. The van der Waals surface area contributed by atoms with Crippen LogP contribution in [0.25, 0.3) is 0 Å². The van der Waals surface area contributed by atoms with E-state index >= 15 is 0 Å². The molecule has 2 aromatic rings. The number of benzene rings is 1. The van der Waals surface area contributed by atoms with Crippen LogP contribution in [0.4, 0.5) is 5.82 Å². The number of carbonyl (C=O) groups excluding carboxylic acids is 1. The Morgan fingerprint density at radius 3 is 2.79 bits per heavy atom. The number of anilines is 1. The van der Waals surface area contributed by atoms with Crippen molar-refractivity contribution in [1.29, 1.82) is 0 Å². The lowest BCUT2D eigenvalue weighted by Gasteiger charge is -2.27. The van der Waals surface area contributed by atoms with Crippen molar-refractivity contribution in [2.75, 3.05) is 38.0 Å². The number of pyridine rings is 1. The molecule has 3 atom stereocenters. The first-order chi connectivity index (χ1) is 18.4. The summed E-state index contributed by atoms with van der Waals surface area (Å²) in [7, 11) is 0. The predicted molar refractivity (Wildman–Crippen MR) is 146 cm³/mol. The van der Waals surface area contributed by atoms with Gasteiger partial charge in [0, 0.05) is 44.0 Å². The standard InChI is InChI=1S/C30H40N4O4/c1-20(2)38-26-8-4-3-7-25(26)27(30(36)37)33-17-14-23(19-33)29(35)34-16-13-21(18-34)9-11-24-12-10-22-6-5-15-31-28(22)32-24/h3-4,7-8,10,12,20-21,23,27H,5-6,9,11,13-19H2,1-2H3,(H,31,32)(H,36,37)/t21-,23-,27+/m1/s1. The minimum Gasteiger partial charge on any atom is -0.491 e. The Morgan fingerprint density at radius 1 is 1.13 bits per heavy atom. The van der Waals surface area contributed by atoms with E-state index in [1.54, 1.807) is 0 Å². The predicted octanol–water partition coefficient (Wildman–Crippen LogP) is 4.16. The van der Waals surface area contributed by atoms with Gasteiger partial charge in [0.15, 0.2) is 0 Å². The second-order valence-electron chi connectivity index (χ2n) is 11.2. The number of carboxylic acid groups (broad SMARTS) is 1. The Kier molecular flexibility index (Phi) is 8.17. The van der Waals surface area contributed by atoms with Crippen LogP contribution in [0, 0.1) is 11.8 Å². The first kappa shape index (κ1) is 26.5. The van der Waals surface area contributed by atoms with Gasteiger partial charge in [-0.05, 0) is 76.0 Å². The van der Waals surface area contributed by atoms with E-state index in [4.69, 9.17) is 9.72 Å². The van der Waals surface area contributed by atoms with Crippen molar-refractivity contribution in [2.45, 2.75) is 64.5 Å². The van der Waals surface area contributed by atoms with Gasteiger partial charge in [-0.15, -0.1) is 0 Å². The number of aryl methyl sites for hydroxylation is 2. The molecule has 0 spiro atoms. The average Bonchev–Trinajstić information content (AvgIpc) is 3.58. The second kappa shape index (κ2) is 11.7. The molecule has 2 fully saturated rings. The van der Waals surface area contributed by atoms with Crippen molar-refractivity contribution < 1.29 is 19.4 Å². The third kappa shape index (κ3) is 5.96. The van der Waals surface area contributed by atoms with Crippen molar-refractivity contribution in [3.05, 3.63) is 53.2 Å². The molecule has 3 aliphatic heterocycles. The van der Waals surface area contributed by atoms with Crippen LogP contribution in [0.15, 0.2) is 36.4 Å². The summed E-state index contributed by atoms with van der Waals surface area (Å²) in [4.78, 5) is 34.5. The van der Waals surface area contributed by atoms with E-state index in [9.17, 15) is 14.7 Å². The molecule has 204 valence electrons. The van der Waals surface area contributed by atoms with Gasteiger partial charge in [-0.25, -0.2) is 4.98 Å². The number of likely N-dealkylation sites (tertiary alicyclic amines) is 2. The Hall–Kier alpha value is -3.13. The first-order valence-corrected chi connectivity index (χ1v) is 14.1. The quantitative estimate of drug-likeness (QED) is 0.513. The summed E-state index contributed by atoms with van der Waals surface area (Å²) in [5.74, 6) is 1.21. The van der Waals surface area contributed by atoms with Crippen LogP contribution in [-0.2, 0) is 22.4 Å². The maximum atomic E-state index is 13.4. The highest BCUT2D eigenvalue weighted by Gasteiger charge is 2.40. The number of hydrogen-bond acceptors (Lipinski definition) is 6. The van der Waals surface area contributed by atoms with Crippen molar-refractivity contribution in [3.8, 4) is 5.75 Å². The molecule has 8 heteroatoms. The van der Waals surface area contributed by atoms with Gasteiger partial charge in [-0.2, -0.15) is 0 Å². The molecule has 2 N–H and O–H groups in total. The number of rotatable bonds is 9. The Bertz CT molecular complexity index is 1150. The van der Waals surface area contributed by atoms with Crippen LogP contribution in [0.2, 0.25) is 0 Å². The maximum Gasteiger partial charge on any atom is 0.325 e.